The van der Waals surface area contributed by atoms with Crippen LogP contribution in [-0.2, 0) is 16.6 Å². The van der Waals surface area contributed by atoms with Gasteiger partial charge in [-0.15, -0.1) is 11.3 Å². The summed E-state index contributed by atoms with van der Waals surface area (Å²) in [4.78, 5) is 19.4. The minimum Gasteiger partial charge on any atom is -0.297 e. The Kier molecular flexibility index (Phi) is 5.50. The number of thiazole rings is 1. The lowest BCUT2D eigenvalue weighted by atomic mass is 9.85. The van der Waals surface area contributed by atoms with Gasteiger partial charge in [-0.25, -0.2) is 4.98 Å². The largest absolute Gasteiger partial charge is 0.297 e. The maximum Gasteiger partial charge on any atom is 0.159 e. The molecule has 0 unspecified atom stereocenters. The fourth-order valence-corrected chi connectivity index (χ4v) is 3.58. The van der Waals surface area contributed by atoms with Crippen molar-refractivity contribution in [3.05, 3.63) is 16.1 Å². The number of nitrogens with zero attached hydrogens (tertiary/aromatic N) is 2. The molecule has 0 aliphatic heterocycles. The van der Waals surface area contributed by atoms with Crippen LogP contribution in [0.2, 0.25) is 0 Å². The number of carbonyl (C=O) groups is 1. The number of carbonyl (C=O) groups excluding carboxylic acids is 1. The fourth-order valence-electron chi connectivity index (χ4n) is 2.56. The van der Waals surface area contributed by atoms with Gasteiger partial charge in [0.25, 0.3) is 0 Å². The standard InChI is InChI=1S/C16H28N2OS/c1-8-16(9-2,18(6)7)13(19)10-14-17-12(11-20-14)15(3,4)5/h11H,8-10H2,1-7H3. The molecule has 1 aromatic heterocycles. The Morgan fingerprint density at radius 3 is 2.15 bits per heavy atom. The highest BCUT2D eigenvalue weighted by Crippen LogP contribution is 2.27. The zero-order chi connectivity index (χ0) is 15.6. The first-order valence-corrected chi connectivity index (χ1v) is 8.21. The van der Waals surface area contributed by atoms with Crippen LogP contribution in [0.5, 0.6) is 0 Å². The Balaban J connectivity index is 2.92. The molecular formula is C16H28N2OS. The van der Waals surface area contributed by atoms with Gasteiger partial charge in [-0.05, 0) is 26.9 Å². The first-order valence-electron chi connectivity index (χ1n) is 7.33. The van der Waals surface area contributed by atoms with Crippen molar-refractivity contribution >= 4 is 17.1 Å². The van der Waals surface area contributed by atoms with Crippen molar-refractivity contribution in [1.82, 2.24) is 9.88 Å². The summed E-state index contributed by atoms with van der Waals surface area (Å²) in [6.45, 7) is 10.6. The van der Waals surface area contributed by atoms with Crippen LogP contribution in [0.3, 0.4) is 0 Å². The summed E-state index contributed by atoms with van der Waals surface area (Å²) in [5, 5.41) is 3.02. The van der Waals surface area contributed by atoms with Gasteiger partial charge in [0.1, 0.15) is 5.01 Å². The molecule has 114 valence electrons. The molecule has 0 spiro atoms. The van der Waals surface area contributed by atoms with Gasteiger partial charge in [0.2, 0.25) is 0 Å². The third kappa shape index (κ3) is 3.47. The van der Waals surface area contributed by atoms with Crippen molar-refractivity contribution in [2.45, 2.75) is 64.8 Å². The van der Waals surface area contributed by atoms with Gasteiger partial charge in [-0.2, -0.15) is 0 Å². The lowest BCUT2D eigenvalue weighted by molar-refractivity contribution is -0.129. The summed E-state index contributed by atoms with van der Waals surface area (Å²) in [7, 11) is 3.99. The quantitative estimate of drug-likeness (QED) is 0.803. The fraction of sp³-hybridized carbons (Fsp3) is 0.750. The molecule has 0 fully saturated rings. The second kappa shape index (κ2) is 6.35. The van der Waals surface area contributed by atoms with E-state index in [1.807, 2.05) is 14.1 Å². The van der Waals surface area contributed by atoms with Gasteiger partial charge in [-0.1, -0.05) is 34.6 Å². The van der Waals surface area contributed by atoms with Crippen LogP contribution >= 0.6 is 11.3 Å². The molecule has 4 heteroatoms. The average Bonchev–Trinajstić information content (AvgIpc) is 2.79. The first-order chi connectivity index (χ1) is 9.17. The number of ketones is 1. The highest BCUT2D eigenvalue weighted by Gasteiger charge is 2.37. The lowest BCUT2D eigenvalue weighted by Crippen LogP contribution is -2.50. The monoisotopic (exact) mass is 296 g/mol. The third-order valence-electron chi connectivity index (χ3n) is 4.18. The second-order valence-corrected chi connectivity index (χ2v) is 7.55. The molecule has 0 saturated heterocycles. The minimum absolute atomic E-state index is 0.0476. The number of hydrogen-bond donors (Lipinski definition) is 0. The predicted octanol–water partition coefficient (Wildman–Crippen LogP) is 3.67. The Bertz CT molecular complexity index is 453. The summed E-state index contributed by atoms with van der Waals surface area (Å²) >= 11 is 1.60. The number of rotatable bonds is 6. The van der Waals surface area contributed by atoms with E-state index in [-0.39, 0.29) is 16.7 Å². The minimum atomic E-state index is -0.354. The molecule has 0 saturated carbocycles. The van der Waals surface area contributed by atoms with Crippen molar-refractivity contribution in [3.63, 3.8) is 0 Å². The molecule has 0 bridgehead atoms. The molecule has 0 radical (unpaired) electrons. The van der Waals surface area contributed by atoms with Gasteiger partial charge in [-0.3, -0.25) is 9.69 Å². The summed E-state index contributed by atoms with van der Waals surface area (Å²) in [6.07, 6.45) is 2.13. The number of aromatic nitrogens is 1. The maximum atomic E-state index is 12.7. The van der Waals surface area contributed by atoms with Crippen molar-refractivity contribution in [2.75, 3.05) is 14.1 Å². The van der Waals surface area contributed by atoms with Crippen molar-refractivity contribution < 1.29 is 4.79 Å². The van der Waals surface area contributed by atoms with Gasteiger partial charge >= 0.3 is 0 Å². The molecule has 0 amide bonds. The first kappa shape index (κ1) is 17.3. The molecule has 20 heavy (non-hydrogen) atoms. The normalized spacial score (nSPS) is 13.0. The Hall–Kier alpha value is -0.740. The zero-order valence-electron chi connectivity index (χ0n) is 13.9. The smallest absolute Gasteiger partial charge is 0.159 e. The Morgan fingerprint density at radius 2 is 1.80 bits per heavy atom. The van der Waals surface area contributed by atoms with Gasteiger partial charge < -0.3 is 0 Å². The van der Waals surface area contributed by atoms with Gasteiger partial charge in [0.05, 0.1) is 17.7 Å². The molecule has 0 aliphatic rings. The summed E-state index contributed by atoms with van der Waals surface area (Å²) in [6, 6.07) is 0. The van der Waals surface area contributed by atoms with Crippen LogP contribution in [0, 0.1) is 0 Å². The van der Waals surface area contributed by atoms with Crippen molar-refractivity contribution in [3.8, 4) is 0 Å². The van der Waals surface area contributed by atoms with Crippen LogP contribution in [0.25, 0.3) is 0 Å². The average molecular weight is 296 g/mol. The molecule has 3 nitrogen and oxygen atoms in total. The number of likely N-dealkylation sites (N-methyl/N-ethyl adjacent to an activating group) is 1. The Labute approximate surface area is 127 Å². The molecule has 1 rings (SSSR count). The third-order valence-corrected chi connectivity index (χ3v) is 5.03. The topological polar surface area (TPSA) is 33.2 Å². The van der Waals surface area contributed by atoms with Crippen molar-refractivity contribution in [1.29, 1.82) is 0 Å². The maximum absolute atomic E-state index is 12.7. The second-order valence-electron chi connectivity index (χ2n) is 6.61. The van der Waals surface area contributed by atoms with E-state index in [1.165, 1.54) is 0 Å². The van der Waals surface area contributed by atoms with E-state index < -0.39 is 0 Å². The van der Waals surface area contributed by atoms with E-state index in [4.69, 9.17) is 0 Å². The molecule has 0 N–H and O–H groups in total. The van der Waals surface area contributed by atoms with Crippen LogP contribution in [0.1, 0.15) is 58.2 Å². The van der Waals surface area contributed by atoms with E-state index in [0.717, 1.165) is 23.5 Å². The van der Waals surface area contributed by atoms with E-state index >= 15 is 0 Å². The molecule has 1 heterocycles. The van der Waals surface area contributed by atoms with Gasteiger partial charge in [0, 0.05) is 10.8 Å². The predicted molar refractivity (Wildman–Crippen MR) is 86.5 cm³/mol. The van der Waals surface area contributed by atoms with Crippen LogP contribution < -0.4 is 0 Å². The van der Waals surface area contributed by atoms with Gasteiger partial charge in [0.15, 0.2) is 5.78 Å². The molecule has 1 aromatic rings. The Morgan fingerprint density at radius 1 is 1.25 bits per heavy atom. The van der Waals surface area contributed by atoms with E-state index in [9.17, 15) is 4.79 Å². The summed E-state index contributed by atoms with van der Waals surface area (Å²) in [5.74, 6) is 0.280. The number of hydrogen-bond acceptors (Lipinski definition) is 4. The molecule has 0 atom stereocenters. The molecular weight excluding hydrogens is 268 g/mol. The summed E-state index contributed by atoms with van der Waals surface area (Å²) in [5.41, 5.74) is 0.772. The SMILES string of the molecule is CCC(CC)(C(=O)Cc1nc(C(C)(C)C)cs1)N(C)C. The van der Waals surface area contributed by atoms with E-state index in [2.05, 4.69) is 49.9 Å². The highest BCUT2D eigenvalue weighted by atomic mass is 32.1. The zero-order valence-corrected chi connectivity index (χ0v) is 14.7. The van der Waals surface area contributed by atoms with E-state index in [1.54, 1.807) is 11.3 Å². The van der Waals surface area contributed by atoms with Crippen LogP contribution in [0.4, 0.5) is 0 Å². The summed E-state index contributed by atoms with van der Waals surface area (Å²) < 4.78 is 0. The lowest BCUT2D eigenvalue weighted by Gasteiger charge is -2.36. The van der Waals surface area contributed by atoms with Crippen LogP contribution in [-0.4, -0.2) is 35.3 Å². The van der Waals surface area contributed by atoms with E-state index in [0.29, 0.717) is 6.42 Å². The highest BCUT2D eigenvalue weighted by molar-refractivity contribution is 7.09. The van der Waals surface area contributed by atoms with Crippen LogP contribution in [0.15, 0.2) is 5.38 Å². The number of Topliss-reactive ketones (excluding diaryl/α,β-unsaturated/α-hetero) is 1. The molecule has 0 aromatic carbocycles. The van der Waals surface area contributed by atoms with Crippen molar-refractivity contribution in [2.24, 2.45) is 0 Å². The molecule has 0 aliphatic carbocycles.